The molecule has 27 heavy (non-hydrogen) atoms. The molecule has 6 nitrogen and oxygen atoms in total. The normalized spacial score (nSPS) is 10.5. The number of benzene rings is 2. The lowest BCUT2D eigenvalue weighted by Crippen LogP contribution is -2.22. The van der Waals surface area contributed by atoms with E-state index in [9.17, 15) is 9.59 Å². The van der Waals surface area contributed by atoms with Gasteiger partial charge in [0.25, 0.3) is 0 Å². The van der Waals surface area contributed by atoms with Crippen LogP contribution in [0.4, 0.5) is 11.4 Å². The van der Waals surface area contributed by atoms with Crippen LogP contribution in [0.2, 0.25) is 0 Å². The molecular formula is C21H24N2O4. The molecule has 142 valence electrons. The summed E-state index contributed by atoms with van der Waals surface area (Å²) >= 11 is 0. The number of anilines is 2. The van der Waals surface area contributed by atoms with Gasteiger partial charge in [-0.3, -0.25) is 4.79 Å². The molecule has 0 aliphatic carbocycles. The number of amides is 1. The Bertz CT molecular complexity index is 813. The third-order valence-electron chi connectivity index (χ3n) is 3.69. The zero-order chi connectivity index (χ0) is 19.6. The maximum atomic E-state index is 12.2. The van der Waals surface area contributed by atoms with Gasteiger partial charge in [0, 0.05) is 11.8 Å². The average molecular weight is 368 g/mol. The van der Waals surface area contributed by atoms with Crippen LogP contribution in [0.15, 0.2) is 48.5 Å². The summed E-state index contributed by atoms with van der Waals surface area (Å²) in [4.78, 5) is 23.5. The van der Waals surface area contributed by atoms with Gasteiger partial charge in [0.1, 0.15) is 5.75 Å². The molecule has 0 unspecified atom stereocenters. The maximum absolute atomic E-state index is 12.2. The van der Waals surface area contributed by atoms with Crippen LogP contribution in [0.1, 0.15) is 18.1 Å². The van der Waals surface area contributed by atoms with Crippen molar-refractivity contribution in [2.24, 2.45) is 0 Å². The van der Waals surface area contributed by atoms with Gasteiger partial charge in [-0.05, 0) is 55.3 Å². The van der Waals surface area contributed by atoms with Crippen LogP contribution >= 0.6 is 0 Å². The van der Waals surface area contributed by atoms with Crippen LogP contribution in [0, 0.1) is 6.92 Å². The quantitative estimate of drug-likeness (QED) is 0.550. The van der Waals surface area contributed by atoms with E-state index in [1.54, 1.807) is 20.1 Å². The van der Waals surface area contributed by atoms with Crippen molar-refractivity contribution < 1.29 is 19.1 Å². The summed E-state index contributed by atoms with van der Waals surface area (Å²) in [7, 11) is 1.57. The third kappa shape index (κ3) is 6.51. The smallest absolute Gasteiger partial charge is 0.330 e. The molecule has 0 saturated heterocycles. The molecule has 0 aliphatic rings. The van der Waals surface area contributed by atoms with Crippen molar-refractivity contribution in [2.75, 3.05) is 30.9 Å². The van der Waals surface area contributed by atoms with Crippen molar-refractivity contribution in [3.05, 3.63) is 59.7 Å². The molecule has 2 N–H and O–H groups in total. The van der Waals surface area contributed by atoms with E-state index < -0.39 is 0 Å². The Balaban J connectivity index is 1.88. The molecule has 2 aromatic rings. The van der Waals surface area contributed by atoms with E-state index in [0.717, 1.165) is 16.8 Å². The number of rotatable bonds is 8. The van der Waals surface area contributed by atoms with Crippen LogP contribution in [0.25, 0.3) is 6.08 Å². The zero-order valence-electron chi connectivity index (χ0n) is 15.7. The predicted octanol–water partition coefficient (Wildman–Crippen LogP) is 3.63. The van der Waals surface area contributed by atoms with E-state index in [-0.39, 0.29) is 18.4 Å². The Kier molecular flexibility index (Phi) is 7.43. The molecule has 1 amide bonds. The van der Waals surface area contributed by atoms with Crippen LogP contribution < -0.4 is 15.4 Å². The Morgan fingerprint density at radius 3 is 2.52 bits per heavy atom. The Hall–Kier alpha value is -3.28. The maximum Gasteiger partial charge on any atom is 0.330 e. The van der Waals surface area contributed by atoms with Crippen molar-refractivity contribution in [3.8, 4) is 5.75 Å². The van der Waals surface area contributed by atoms with Gasteiger partial charge >= 0.3 is 5.97 Å². The van der Waals surface area contributed by atoms with Crippen molar-refractivity contribution in [3.63, 3.8) is 0 Å². The number of aryl methyl sites for hydroxylation is 1. The number of hydrogen-bond donors (Lipinski definition) is 2. The molecule has 0 aromatic heterocycles. The van der Waals surface area contributed by atoms with Gasteiger partial charge < -0.3 is 20.1 Å². The van der Waals surface area contributed by atoms with E-state index in [1.165, 1.54) is 6.08 Å². The van der Waals surface area contributed by atoms with Crippen LogP contribution in [-0.4, -0.2) is 32.1 Å². The minimum Gasteiger partial charge on any atom is -0.495 e. The molecule has 0 bridgehead atoms. The molecule has 0 heterocycles. The highest BCUT2D eigenvalue weighted by Gasteiger charge is 2.07. The van der Waals surface area contributed by atoms with Crippen molar-refractivity contribution in [2.45, 2.75) is 13.8 Å². The number of carbonyl (C=O) groups is 2. The summed E-state index contributed by atoms with van der Waals surface area (Å²) in [6.45, 7) is 4.18. The molecule has 2 aromatic carbocycles. The standard InChI is InChI=1S/C21H24N2O4/c1-4-27-21(25)12-8-16-6-9-17(10-7-16)22-14-20(24)23-18-13-15(2)5-11-19(18)26-3/h5-13,22H,4,14H2,1-3H3,(H,23,24)/b12-8+. The number of nitrogens with one attached hydrogen (secondary N) is 2. The highest BCUT2D eigenvalue weighted by Crippen LogP contribution is 2.25. The highest BCUT2D eigenvalue weighted by atomic mass is 16.5. The number of ether oxygens (including phenoxy) is 2. The number of methoxy groups -OCH3 is 1. The minimum absolute atomic E-state index is 0.120. The van der Waals surface area contributed by atoms with Gasteiger partial charge in [0.15, 0.2) is 0 Å². The largest absolute Gasteiger partial charge is 0.495 e. The second-order valence-corrected chi connectivity index (χ2v) is 5.81. The Morgan fingerprint density at radius 2 is 1.85 bits per heavy atom. The van der Waals surface area contributed by atoms with E-state index in [2.05, 4.69) is 10.6 Å². The monoisotopic (exact) mass is 368 g/mol. The summed E-state index contributed by atoms with van der Waals surface area (Å²) in [5.41, 5.74) is 3.34. The first-order valence-electron chi connectivity index (χ1n) is 8.65. The lowest BCUT2D eigenvalue weighted by molar-refractivity contribution is -0.137. The topological polar surface area (TPSA) is 76.7 Å². The zero-order valence-corrected chi connectivity index (χ0v) is 15.7. The van der Waals surface area contributed by atoms with Crippen molar-refractivity contribution >= 4 is 29.3 Å². The minimum atomic E-state index is -0.372. The fourth-order valence-electron chi connectivity index (χ4n) is 2.36. The van der Waals surface area contributed by atoms with E-state index in [4.69, 9.17) is 9.47 Å². The van der Waals surface area contributed by atoms with Gasteiger partial charge in [0.2, 0.25) is 5.91 Å². The summed E-state index contributed by atoms with van der Waals surface area (Å²) in [5, 5.41) is 5.90. The molecular weight excluding hydrogens is 344 g/mol. The van der Waals surface area contributed by atoms with Gasteiger partial charge in [-0.1, -0.05) is 18.2 Å². The van der Waals surface area contributed by atoms with Crippen LogP contribution in [0.5, 0.6) is 5.75 Å². The fourth-order valence-corrected chi connectivity index (χ4v) is 2.36. The van der Waals surface area contributed by atoms with E-state index in [1.807, 2.05) is 49.4 Å². The van der Waals surface area contributed by atoms with Gasteiger partial charge in [-0.2, -0.15) is 0 Å². The molecule has 0 radical (unpaired) electrons. The molecule has 0 spiro atoms. The lowest BCUT2D eigenvalue weighted by Gasteiger charge is -2.12. The molecule has 0 fully saturated rings. The summed E-state index contributed by atoms with van der Waals surface area (Å²) in [6, 6.07) is 13.0. The number of hydrogen-bond acceptors (Lipinski definition) is 5. The van der Waals surface area contributed by atoms with Gasteiger partial charge in [-0.25, -0.2) is 4.79 Å². The average Bonchev–Trinajstić information content (AvgIpc) is 2.66. The molecule has 0 atom stereocenters. The predicted molar refractivity (Wildman–Crippen MR) is 107 cm³/mol. The van der Waals surface area contributed by atoms with E-state index in [0.29, 0.717) is 18.0 Å². The van der Waals surface area contributed by atoms with Crippen LogP contribution in [0.3, 0.4) is 0 Å². The molecule has 0 aliphatic heterocycles. The summed E-state index contributed by atoms with van der Waals surface area (Å²) in [5.74, 6) is 0.0693. The lowest BCUT2D eigenvalue weighted by atomic mass is 10.2. The van der Waals surface area contributed by atoms with E-state index >= 15 is 0 Å². The Morgan fingerprint density at radius 1 is 1.11 bits per heavy atom. The van der Waals surface area contributed by atoms with Crippen LogP contribution in [-0.2, 0) is 14.3 Å². The number of esters is 1. The molecule has 6 heteroatoms. The first-order chi connectivity index (χ1) is 13.0. The fraction of sp³-hybridized carbons (Fsp3) is 0.238. The highest BCUT2D eigenvalue weighted by molar-refractivity contribution is 5.95. The second kappa shape index (κ2) is 10.0. The third-order valence-corrected chi connectivity index (χ3v) is 3.69. The number of carbonyl (C=O) groups excluding carboxylic acids is 2. The first-order valence-corrected chi connectivity index (χ1v) is 8.65. The summed E-state index contributed by atoms with van der Waals surface area (Å²) < 4.78 is 10.1. The second-order valence-electron chi connectivity index (χ2n) is 5.81. The summed E-state index contributed by atoms with van der Waals surface area (Å²) in [6.07, 6.45) is 3.06. The Labute approximate surface area is 159 Å². The van der Waals surface area contributed by atoms with Gasteiger partial charge in [-0.15, -0.1) is 0 Å². The van der Waals surface area contributed by atoms with Crippen molar-refractivity contribution in [1.82, 2.24) is 0 Å². The van der Waals surface area contributed by atoms with Gasteiger partial charge in [0.05, 0.1) is 25.9 Å². The molecule has 2 rings (SSSR count). The first kappa shape index (κ1) is 20.0. The van der Waals surface area contributed by atoms with Crippen molar-refractivity contribution in [1.29, 1.82) is 0 Å². The SMILES string of the molecule is CCOC(=O)/C=C/c1ccc(NCC(=O)Nc2cc(C)ccc2OC)cc1. The molecule has 0 saturated carbocycles.